The Balaban J connectivity index is 2.61. The lowest BCUT2D eigenvalue weighted by molar-refractivity contribution is 0.472. The van der Waals surface area contributed by atoms with E-state index in [2.05, 4.69) is 24.1 Å². The molecule has 0 atom stereocenters. The van der Waals surface area contributed by atoms with Gasteiger partial charge in [-0.3, -0.25) is 0 Å². The van der Waals surface area contributed by atoms with Crippen molar-refractivity contribution in [2.75, 3.05) is 18.4 Å². The van der Waals surface area contributed by atoms with Crippen LogP contribution in [0.15, 0.2) is 18.3 Å². The molecule has 15 heavy (non-hydrogen) atoms. The molecule has 0 aromatic carbocycles. The van der Waals surface area contributed by atoms with Crippen molar-refractivity contribution in [2.45, 2.75) is 13.8 Å². The first-order valence-electron chi connectivity index (χ1n) is 4.84. The first kappa shape index (κ1) is 12.2. The first-order valence-corrected chi connectivity index (χ1v) is 5.63. The van der Waals surface area contributed by atoms with E-state index in [-0.39, 0.29) is 0 Å². The summed E-state index contributed by atoms with van der Waals surface area (Å²) in [6, 6.07) is 3.58. The summed E-state index contributed by atoms with van der Waals surface area (Å²) in [5.74, 6) is 0.719. The molecular formula is C10H14ClN3S. The fourth-order valence-electron chi connectivity index (χ4n) is 1.15. The summed E-state index contributed by atoms with van der Waals surface area (Å²) in [5.41, 5.74) is 0. The fourth-order valence-corrected chi connectivity index (χ4v) is 1.62. The maximum Gasteiger partial charge on any atom is 0.174 e. The standard InChI is InChI=1S/C10H14ClN3S/c1-3-14(4-2)10(15)13-9-6-5-8(11)7-12-9/h5-7H,3-4H2,1-2H3,(H,12,13,15). The van der Waals surface area contributed by atoms with Gasteiger partial charge in [-0.1, -0.05) is 11.6 Å². The average Bonchev–Trinajstić information content (AvgIpc) is 2.23. The van der Waals surface area contributed by atoms with Crippen LogP contribution in [0.1, 0.15) is 13.8 Å². The van der Waals surface area contributed by atoms with Gasteiger partial charge in [0.15, 0.2) is 5.11 Å². The van der Waals surface area contributed by atoms with Crippen LogP contribution in [0.5, 0.6) is 0 Å². The summed E-state index contributed by atoms with van der Waals surface area (Å²) >= 11 is 11.0. The van der Waals surface area contributed by atoms with Crippen LogP contribution >= 0.6 is 23.8 Å². The maximum atomic E-state index is 5.73. The Hall–Kier alpha value is -0.870. The first-order chi connectivity index (χ1) is 7.17. The Kier molecular flexibility index (Phi) is 4.78. The largest absolute Gasteiger partial charge is 0.350 e. The van der Waals surface area contributed by atoms with Crippen molar-refractivity contribution in [2.24, 2.45) is 0 Å². The molecule has 1 N–H and O–H groups in total. The summed E-state index contributed by atoms with van der Waals surface area (Å²) in [5, 5.41) is 4.37. The second-order valence-corrected chi connectivity index (χ2v) is 3.79. The third-order valence-corrected chi connectivity index (χ3v) is 2.60. The topological polar surface area (TPSA) is 28.2 Å². The van der Waals surface area contributed by atoms with E-state index in [1.165, 1.54) is 0 Å². The molecule has 0 saturated heterocycles. The second-order valence-electron chi connectivity index (χ2n) is 2.96. The van der Waals surface area contributed by atoms with Crippen LogP contribution in [0.2, 0.25) is 5.02 Å². The minimum Gasteiger partial charge on any atom is -0.350 e. The van der Waals surface area contributed by atoms with Gasteiger partial charge in [0.25, 0.3) is 0 Å². The Morgan fingerprint density at radius 2 is 2.13 bits per heavy atom. The van der Waals surface area contributed by atoms with E-state index in [1.54, 1.807) is 18.3 Å². The molecule has 0 saturated carbocycles. The third kappa shape index (κ3) is 3.64. The highest BCUT2D eigenvalue weighted by Gasteiger charge is 2.05. The number of hydrogen-bond acceptors (Lipinski definition) is 2. The Labute approximate surface area is 100 Å². The minimum atomic E-state index is 0.620. The minimum absolute atomic E-state index is 0.620. The highest BCUT2D eigenvalue weighted by Crippen LogP contribution is 2.10. The zero-order chi connectivity index (χ0) is 11.3. The summed E-state index contributed by atoms with van der Waals surface area (Å²) < 4.78 is 0. The number of aromatic nitrogens is 1. The molecule has 0 fully saturated rings. The van der Waals surface area contributed by atoms with Gasteiger partial charge in [-0.05, 0) is 38.2 Å². The predicted molar refractivity (Wildman–Crippen MR) is 68.4 cm³/mol. The molecule has 0 aliphatic rings. The van der Waals surface area contributed by atoms with Crippen molar-refractivity contribution in [1.82, 2.24) is 9.88 Å². The van der Waals surface area contributed by atoms with Crippen LogP contribution in [0.4, 0.5) is 5.82 Å². The number of pyridine rings is 1. The molecule has 0 radical (unpaired) electrons. The summed E-state index contributed by atoms with van der Waals surface area (Å²) in [6.45, 7) is 5.89. The van der Waals surface area contributed by atoms with E-state index in [0.29, 0.717) is 10.1 Å². The van der Waals surface area contributed by atoms with E-state index < -0.39 is 0 Å². The van der Waals surface area contributed by atoms with Crippen molar-refractivity contribution >= 4 is 34.7 Å². The van der Waals surface area contributed by atoms with Gasteiger partial charge in [0.05, 0.1) is 5.02 Å². The Morgan fingerprint density at radius 1 is 1.47 bits per heavy atom. The van der Waals surface area contributed by atoms with Crippen molar-refractivity contribution < 1.29 is 0 Å². The van der Waals surface area contributed by atoms with E-state index in [0.717, 1.165) is 18.9 Å². The lowest BCUT2D eigenvalue weighted by Crippen LogP contribution is -2.34. The average molecular weight is 244 g/mol. The molecule has 0 aliphatic carbocycles. The van der Waals surface area contributed by atoms with Gasteiger partial charge in [-0.15, -0.1) is 0 Å². The van der Waals surface area contributed by atoms with E-state index in [4.69, 9.17) is 23.8 Å². The molecule has 0 spiro atoms. The lowest BCUT2D eigenvalue weighted by Gasteiger charge is -2.21. The van der Waals surface area contributed by atoms with Gasteiger partial charge in [0.2, 0.25) is 0 Å². The van der Waals surface area contributed by atoms with Crippen molar-refractivity contribution in [3.8, 4) is 0 Å². The second kappa shape index (κ2) is 5.88. The molecule has 0 aliphatic heterocycles. The van der Waals surface area contributed by atoms with Crippen molar-refractivity contribution in [3.63, 3.8) is 0 Å². The van der Waals surface area contributed by atoms with Crippen LogP contribution < -0.4 is 5.32 Å². The number of nitrogens with zero attached hydrogens (tertiary/aromatic N) is 2. The van der Waals surface area contributed by atoms with Gasteiger partial charge in [0, 0.05) is 19.3 Å². The summed E-state index contributed by atoms with van der Waals surface area (Å²) in [7, 11) is 0. The third-order valence-electron chi connectivity index (χ3n) is 2.01. The molecule has 1 aromatic heterocycles. The van der Waals surface area contributed by atoms with Gasteiger partial charge in [-0.25, -0.2) is 4.98 Å². The van der Waals surface area contributed by atoms with Crippen LogP contribution in [-0.4, -0.2) is 28.1 Å². The molecule has 3 nitrogen and oxygen atoms in total. The quantitative estimate of drug-likeness (QED) is 0.827. The zero-order valence-electron chi connectivity index (χ0n) is 8.83. The van der Waals surface area contributed by atoms with Gasteiger partial charge in [0.1, 0.15) is 5.82 Å². The van der Waals surface area contributed by atoms with Gasteiger partial charge >= 0.3 is 0 Å². The predicted octanol–water partition coefficient (Wildman–Crippen LogP) is 2.77. The number of nitrogens with one attached hydrogen (secondary N) is 1. The normalized spacial score (nSPS) is 9.80. The zero-order valence-corrected chi connectivity index (χ0v) is 10.4. The summed E-state index contributed by atoms with van der Waals surface area (Å²) in [4.78, 5) is 6.16. The number of anilines is 1. The van der Waals surface area contributed by atoms with Gasteiger partial charge < -0.3 is 10.2 Å². The smallest absolute Gasteiger partial charge is 0.174 e. The van der Waals surface area contributed by atoms with E-state index in [1.807, 2.05) is 4.90 Å². The molecule has 82 valence electrons. The highest BCUT2D eigenvalue weighted by atomic mass is 35.5. The van der Waals surface area contributed by atoms with Crippen LogP contribution in [0.3, 0.4) is 0 Å². The number of thiocarbonyl (C=S) groups is 1. The molecule has 1 rings (SSSR count). The van der Waals surface area contributed by atoms with Crippen molar-refractivity contribution in [3.05, 3.63) is 23.4 Å². The fraction of sp³-hybridized carbons (Fsp3) is 0.400. The molecule has 5 heteroatoms. The molecule has 0 unspecified atom stereocenters. The number of hydrogen-bond donors (Lipinski definition) is 1. The lowest BCUT2D eigenvalue weighted by atomic mass is 10.4. The van der Waals surface area contributed by atoms with E-state index in [9.17, 15) is 0 Å². The monoisotopic (exact) mass is 243 g/mol. The van der Waals surface area contributed by atoms with Gasteiger partial charge in [-0.2, -0.15) is 0 Å². The highest BCUT2D eigenvalue weighted by molar-refractivity contribution is 7.80. The van der Waals surface area contributed by atoms with Crippen molar-refractivity contribution in [1.29, 1.82) is 0 Å². The summed E-state index contributed by atoms with van der Waals surface area (Å²) in [6.07, 6.45) is 1.59. The molecule has 1 aromatic rings. The Morgan fingerprint density at radius 3 is 2.60 bits per heavy atom. The number of rotatable bonds is 3. The van der Waals surface area contributed by atoms with Crippen LogP contribution in [0.25, 0.3) is 0 Å². The van der Waals surface area contributed by atoms with E-state index >= 15 is 0 Å². The van der Waals surface area contributed by atoms with Crippen LogP contribution in [-0.2, 0) is 0 Å². The van der Waals surface area contributed by atoms with Crippen LogP contribution in [0, 0.1) is 0 Å². The molecule has 0 bridgehead atoms. The Bertz CT molecular complexity index is 322. The SMILES string of the molecule is CCN(CC)C(=S)Nc1ccc(Cl)cn1. The molecule has 1 heterocycles. The number of halogens is 1. The molecular weight excluding hydrogens is 230 g/mol. The maximum absolute atomic E-state index is 5.73. The molecule has 0 amide bonds.